The van der Waals surface area contributed by atoms with Crippen LogP contribution in [0.2, 0.25) is 0 Å². The van der Waals surface area contributed by atoms with E-state index in [4.69, 9.17) is 4.74 Å². The van der Waals surface area contributed by atoms with E-state index in [1.807, 2.05) is 53.1 Å². The van der Waals surface area contributed by atoms with Crippen molar-refractivity contribution < 1.29 is 14.3 Å². The lowest BCUT2D eigenvalue weighted by molar-refractivity contribution is -0.124. The summed E-state index contributed by atoms with van der Waals surface area (Å²) >= 11 is 0. The number of anilines is 2. The number of hydrogen-bond donors (Lipinski definition) is 1. The van der Waals surface area contributed by atoms with Crippen LogP contribution in [0.3, 0.4) is 0 Å². The highest BCUT2D eigenvalue weighted by Crippen LogP contribution is 2.36. The van der Waals surface area contributed by atoms with Crippen LogP contribution in [0.5, 0.6) is 0 Å². The van der Waals surface area contributed by atoms with Gasteiger partial charge in [-0.2, -0.15) is 0 Å². The largest absolute Gasteiger partial charge is 0.383 e. The molecule has 1 N–H and O–H groups in total. The number of fused-ring (bicyclic) bond motifs is 3. The zero-order valence-corrected chi connectivity index (χ0v) is 16.6. The molecule has 0 fully saturated rings. The Kier molecular flexibility index (Phi) is 5.31. The van der Waals surface area contributed by atoms with E-state index in [0.29, 0.717) is 19.1 Å². The molecule has 0 aliphatic carbocycles. The number of carbonyl (C=O) groups is 2. The Balaban J connectivity index is 1.59. The van der Waals surface area contributed by atoms with Crippen molar-refractivity contribution in [3.63, 3.8) is 0 Å². The number of amides is 2. The number of carbonyl (C=O) groups excluding carboxylic acids is 2. The van der Waals surface area contributed by atoms with Gasteiger partial charge in [0, 0.05) is 12.8 Å². The highest BCUT2D eigenvalue weighted by atomic mass is 16.5. The number of ether oxygens (including phenoxy) is 1. The summed E-state index contributed by atoms with van der Waals surface area (Å²) in [5.41, 5.74) is 3.58. The molecule has 2 amide bonds. The van der Waals surface area contributed by atoms with Crippen LogP contribution in [-0.4, -0.2) is 41.6 Å². The normalized spacial score (nSPS) is 15.7. The predicted octanol–water partition coefficient (Wildman–Crippen LogP) is 3.16. The number of aromatic nitrogens is 2. The lowest BCUT2D eigenvalue weighted by Crippen LogP contribution is -2.33. The lowest BCUT2D eigenvalue weighted by Gasteiger charge is -2.15. The maximum Gasteiger partial charge on any atom is 0.253 e. The molecule has 2 heterocycles. The first-order valence-corrected chi connectivity index (χ1v) is 9.78. The fourth-order valence-electron chi connectivity index (χ4n) is 3.70. The van der Waals surface area contributed by atoms with E-state index in [0.717, 1.165) is 23.1 Å². The number of benzene rings is 2. The van der Waals surface area contributed by atoms with Gasteiger partial charge < -0.3 is 10.1 Å². The van der Waals surface area contributed by atoms with Crippen LogP contribution < -0.4 is 10.2 Å². The van der Waals surface area contributed by atoms with E-state index in [9.17, 15) is 9.59 Å². The van der Waals surface area contributed by atoms with Crippen molar-refractivity contribution in [3.8, 4) is 0 Å². The number of hydrogen-bond acceptors (Lipinski definition) is 4. The first-order chi connectivity index (χ1) is 14.1. The summed E-state index contributed by atoms with van der Waals surface area (Å²) in [6, 6.07) is 14.8. The molecule has 7 nitrogen and oxygen atoms in total. The van der Waals surface area contributed by atoms with Crippen LogP contribution in [0.1, 0.15) is 24.9 Å². The van der Waals surface area contributed by atoms with E-state index >= 15 is 0 Å². The lowest BCUT2D eigenvalue weighted by atomic mass is 10.1. The summed E-state index contributed by atoms with van der Waals surface area (Å²) in [7, 11) is 1.60. The molecule has 4 rings (SSSR count). The molecule has 0 saturated carbocycles. The van der Waals surface area contributed by atoms with Crippen LogP contribution in [0.15, 0.2) is 48.5 Å². The molecule has 1 atom stereocenters. The van der Waals surface area contributed by atoms with Gasteiger partial charge in [0.25, 0.3) is 5.91 Å². The number of methoxy groups -OCH3 is 1. The van der Waals surface area contributed by atoms with Gasteiger partial charge in [-0.25, -0.2) is 4.98 Å². The van der Waals surface area contributed by atoms with Crippen LogP contribution in [-0.2, 0) is 20.7 Å². The Labute approximate surface area is 169 Å². The van der Waals surface area contributed by atoms with Crippen molar-refractivity contribution in [2.24, 2.45) is 0 Å². The molecule has 7 heteroatoms. The molecule has 1 aliphatic rings. The maximum absolute atomic E-state index is 13.1. The molecule has 0 radical (unpaired) electrons. The average Bonchev–Trinajstić information content (AvgIpc) is 3.22. The number of aryl methyl sites for hydroxylation is 1. The first-order valence-electron chi connectivity index (χ1n) is 9.78. The monoisotopic (exact) mass is 392 g/mol. The number of imidazole rings is 1. The molecule has 2 aromatic carbocycles. The van der Waals surface area contributed by atoms with Crippen molar-refractivity contribution in [1.82, 2.24) is 9.55 Å². The minimum absolute atomic E-state index is 0.0468. The van der Waals surface area contributed by atoms with Crippen molar-refractivity contribution in [2.45, 2.75) is 25.8 Å². The van der Waals surface area contributed by atoms with Gasteiger partial charge in [-0.3, -0.25) is 19.1 Å². The molecule has 1 aliphatic heterocycles. The average molecular weight is 392 g/mol. The smallest absolute Gasteiger partial charge is 0.253 e. The summed E-state index contributed by atoms with van der Waals surface area (Å²) in [5, 5.41) is 2.90. The first kappa shape index (κ1) is 19.1. The topological polar surface area (TPSA) is 76.5 Å². The number of para-hydroxylation sites is 2. The van der Waals surface area contributed by atoms with Gasteiger partial charge in [0.2, 0.25) is 11.9 Å². The highest BCUT2D eigenvalue weighted by Gasteiger charge is 2.40. The van der Waals surface area contributed by atoms with Gasteiger partial charge in [-0.1, -0.05) is 31.2 Å². The Bertz CT molecular complexity index is 1040. The van der Waals surface area contributed by atoms with Crippen LogP contribution in [0.25, 0.3) is 11.0 Å². The SMILES string of the molecule is CCc1ccc(NC(=O)C[C@@H]2C(=O)N(CCOC)c3nc4ccccc4n32)cc1. The Hall–Kier alpha value is -3.19. The second-order valence-corrected chi connectivity index (χ2v) is 7.07. The summed E-state index contributed by atoms with van der Waals surface area (Å²) in [5.74, 6) is 0.232. The fraction of sp³-hybridized carbons (Fsp3) is 0.318. The van der Waals surface area contributed by atoms with E-state index in [1.165, 1.54) is 5.56 Å². The molecule has 3 aromatic rings. The highest BCUT2D eigenvalue weighted by molar-refractivity contribution is 6.05. The van der Waals surface area contributed by atoms with Gasteiger partial charge in [-0.15, -0.1) is 0 Å². The Morgan fingerprint density at radius 3 is 2.66 bits per heavy atom. The van der Waals surface area contributed by atoms with E-state index in [-0.39, 0.29) is 18.2 Å². The predicted molar refractivity (Wildman–Crippen MR) is 112 cm³/mol. The molecule has 1 aromatic heterocycles. The van der Waals surface area contributed by atoms with E-state index in [2.05, 4.69) is 17.2 Å². The van der Waals surface area contributed by atoms with Gasteiger partial charge in [-0.05, 0) is 36.2 Å². The maximum atomic E-state index is 13.1. The quantitative estimate of drug-likeness (QED) is 0.670. The zero-order chi connectivity index (χ0) is 20.4. The summed E-state index contributed by atoms with van der Waals surface area (Å²) in [4.78, 5) is 32.0. The molecule has 150 valence electrons. The van der Waals surface area contributed by atoms with Crippen LogP contribution in [0, 0.1) is 0 Å². The zero-order valence-electron chi connectivity index (χ0n) is 16.6. The molecule has 29 heavy (non-hydrogen) atoms. The molecular weight excluding hydrogens is 368 g/mol. The van der Waals surface area contributed by atoms with E-state index < -0.39 is 6.04 Å². The minimum Gasteiger partial charge on any atom is -0.383 e. The second-order valence-electron chi connectivity index (χ2n) is 7.07. The van der Waals surface area contributed by atoms with E-state index in [1.54, 1.807) is 12.0 Å². The standard InChI is InChI=1S/C22H24N4O3/c1-3-15-8-10-16(11-9-15)23-20(27)14-19-21(28)25(12-13-29-2)22-24-17-6-4-5-7-18(17)26(19)22/h4-11,19H,3,12-14H2,1-2H3,(H,23,27)/t19-/m1/s1. The third-order valence-corrected chi connectivity index (χ3v) is 5.23. The molecular formula is C22H24N4O3. The third kappa shape index (κ3) is 3.61. The van der Waals surface area contributed by atoms with Crippen molar-refractivity contribution >= 4 is 34.5 Å². The molecule has 0 unspecified atom stereocenters. The van der Waals surface area contributed by atoms with Gasteiger partial charge in [0.05, 0.1) is 30.6 Å². The summed E-state index contributed by atoms with van der Waals surface area (Å²) in [6.45, 7) is 2.88. The summed E-state index contributed by atoms with van der Waals surface area (Å²) < 4.78 is 7.01. The molecule has 0 saturated heterocycles. The Morgan fingerprint density at radius 1 is 1.17 bits per heavy atom. The minimum atomic E-state index is -0.621. The van der Waals surface area contributed by atoms with Gasteiger partial charge in [0.1, 0.15) is 6.04 Å². The van der Waals surface area contributed by atoms with Crippen molar-refractivity contribution in [2.75, 3.05) is 30.5 Å². The molecule has 0 spiro atoms. The van der Waals surface area contributed by atoms with Crippen LogP contribution in [0.4, 0.5) is 11.6 Å². The molecule has 0 bridgehead atoms. The van der Waals surface area contributed by atoms with Crippen molar-refractivity contribution in [1.29, 1.82) is 0 Å². The number of nitrogens with one attached hydrogen (secondary N) is 1. The number of nitrogens with zero attached hydrogens (tertiary/aromatic N) is 3. The second kappa shape index (κ2) is 8.05. The third-order valence-electron chi connectivity index (χ3n) is 5.23. The Morgan fingerprint density at radius 2 is 1.93 bits per heavy atom. The fourth-order valence-corrected chi connectivity index (χ4v) is 3.70. The van der Waals surface area contributed by atoms with Crippen LogP contribution >= 0.6 is 0 Å². The van der Waals surface area contributed by atoms with Gasteiger partial charge >= 0.3 is 0 Å². The summed E-state index contributed by atoms with van der Waals surface area (Å²) in [6.07, 6.45) is 0.990. The van der Waals surface area contributed by atoms with Gasteiger partial charge in [0.15, 0.2) is 0 Å². The number of rotatable bonds is 7. The van der Waals surface area contributed by atoms with Crippen molar-refractivity contribution in [3.05, 3.63) is 54.1 Å².